The first kappa shape index (κ1) is 14.4. The molecule has 3 rings (SSSR count). The van der Waals surface area contributed by atoms with Crippen LogP contribution >= 0.6 is 0 Å². The highest BCUT2D eigenvalue weighted by atomic mass is 16.1. The van der Waals surface area contributed by atoms with E-state index in [2.05, 4.69) is 22.5 Å². The fraction of sp³-hybridized carbons (Fsp3) is 0.588. The highest BCUT2D eigenvalue weighted by molar-refractivity contribution is 5.99. The Hall–Kier alpha value is -1.55. The third-order valence-electron chi connectivity index (χ3n) is 4.41. The molecule has 1 amide bonds. The van der Waals surface area contributed by atoms with Gasteiger partial charge in [-0.25, -0.2) is 0 Å². The summed E-state index contributed by atoms with van der Waals surface area (Å²) in [7, 11) is 0. The summed E-state index contributed by atoms with van der Waals surface area (Å²) in [5, 5.41) is 6.49. The van der Waals surface area contributed by atoms with Crippen LogP contribution in [0.2, 0.25) is 0 Å². The van der Waals surface area contributed by atoms with Gasteiger partial charge in [-0.2, -0.15) is 0 Å². The van der Waals surface area contributed by atoms with E-state index in [1.54, 1.807) is 0 Å². The van der Waals surface area contributed by atoms with Crippen LogP contribution in [-0.2, 0) is 0 Å². The van der Waals surface area contributed by atoms with Gasteiger partial charge in [-0.15, -0.1) is 0 Å². The average molecular weight is 287 g/mol. The van der Waals surface area contributed by atoms with E-state index in [-0.39, 0.29) is 5.91 Å². The molecule has 1 unspecified atom stereocenters. The van der Waals surface area contributed by atoms with Crippen molar-refractivity contribution in [3.05, 3.63) is 29.3 Å². The zero-order valence-corrected chi connectivity index (χ0v) is 13.0. The zero-order chi connectivity index (χ0) is 14.8. The number of rotatable bonds is 5. The van der Waals surface area contributed by atoms with Gasteiger partial charge in [0.05, 0.1) is 5.56 Å². The van der Waals surface area contributed by atoms with Crippen LogP contribution < -0.4 is 10.6 Å². The normalized spacial score (nSPS) is 22.3. The van der Waals surface area contributed by atoms with Gasteiger partial charge in [0.2, 0.25) is 0 Å². The number of carbonyl (C=O) groups excluding carboxylic acids is 1. The summed E-state index contributed by atoms with van der Waals surface area (Å²) in [6.07, 6.45) is 3.75. The summed E-state index contributed by atoms with van der Waals surface area (Å²) < 4.78 is 0. The topological polar surface area (TPSA) is 44.4 Å². The van der Waals surface area contributed by atoms with Crippen LogP contribution in [0, 0.1) is 6.92 Å². The van der Waals surface area contributed by atoms with Crippen molar-refractivity contribution in [3.63, 3.8) is 0 Å². The molecule has 0 aromatic heterocycles. The van der Waals surface area contributed by atoms with E-state index < -0.39 is 0 Å². The Morgan fingerprint density at radius 2 is 2.14 bits per heavy atom. The molecule has 4 heteroatoms. The minimum Gasteiger partial charge on any atom is -0.385 e. The minimum atomic E-state index is 0.0496. The summed E-state index contributed by atoms with van der Waals surface area (Å²) >= 11 is 0. The van der Waals surface area contributed by atoms with Crippen molar-refractivity contribution in [2.75, 3.05) is 25.0 Å². The first-order valence-electron chi connectivity index (χ1n) is 8.07. The van der Waals surface area contributed by atoms with Crippen LogP contribution in [0.15, 0.2) is 18.2 Å². The summed E-state index contributed by atoms with van der Waals surface area (Å²) in [6, 6.07) is 7.07. The monoisotopic (exact) mass is 287 g/mol. The second-order valence-electron chi connectivity index (χ2n) is 6.26. The van der Waals surface area contributed by atoms with Gasteiger partial charge in [-0.3, -0.25) is 9.69 Å². The lowest BCUT2D eigenvalue weighted by molar-refractivity contribution is 0.0938. The molecule has 4 nitrogen and oxygen atoms in total. The highest BCUT2D eigenvalue weighted by Crippen LogP contribution is 2.30. The second kappa shape index (κ2) is 6.06. The van der Waals surface area contributed by atoms with E-state index in [0.29, 0.717) is 6.04 Å². The molecule has 114 valence electrons. The lowest BCUT2D eigenvalue weighted by Crippen LogP contribution is -2.37. The maximum absolute atomic E-state index is 12.5. The Morgan fingerprint density at radius 3 is 2.86 bits per heavy atom. The number of amides is 1. The Labute approximate surface area is 126 Å². The zero-order valence-electron chi connectivity index (χ0n) is 13.0. The summed E-state index contributed by atoms with van der Waals surface area (Å²) in [5.74, 6) is 0.0496. The van der Waals surface area contributed by atoms with Crippen molar-refractivity contribution in [1.29, 1.82) is 0 Å². The van der Waals surface area contributed by atoms with E-state index in [1.807, 2.05) is 25.1 Å². The Morgan fingerprint density at radius 1 is 1.33 bits per heavy atom. The molecular formula is C17H25N3O. The Balaban J connectivity index is 1.64. The molecule has 0 radical (unpaired) electrons. The van der Waals surface area contributed by atoms with Crippen molar-refractivity contribution >= 4 is 11.6 Å². The predicted octanol–water partition coefficient (Wildman–Crippen LogP) is 2.39. The van der Waals surface area contributed by atoms with Gasteiger partial charge in [-0.05, 0) is 50.8 Å². The van der Waals surface area contributed by atoms with Crippen LogP contribution in [0.1, 0.15) is 42.1 Å². The van der Waals surface area contributed by atoms with Crippen LogP contribution in [0.25, 0.3) is 0 Å². The number of hydrogen-bond donors (Lipinski definition) is 2. The number of benzene rings is 1. The Bertz CT molecular complexity index is 525. The van der Waals surface area contributed by atoms with Gasteiger partial charge in [0, 0.05) is 37.4 Å². The number of nitrogens with zero attached hydrogens (tertiary/aromatic N) is 1. The number of nitrogens with one attached hydrogen (secondary N) is 2. The van der Waals surface area contributed by atoms with Crippen molar-refractivity contribution in [3.8, 4) is 0 Å². The maximum Gasteiger partial charge on any atom is 0.253 e. The highest BCUT2D eigenvalue weighted by Gasteiger charge is 2.34. The maximum atomic E-state index is 12.5. The van der Waals surface area contributed by atoms with Gasteiger partial charge in [0.15, 0.2) is 0 Å². The molecule has 2 fully saturated rings. The minimum absolute atomic E-state index is 0.0496. The molecule has 0 bridgehead atoms. The van der Waals surface area contributed by atoms with Gasteiger partial charge in [-0.1, -0.05) is 6.07 Å². The van der Waals surface area contributed by atoms with Crippen LogP contribution in [-0.4, -0.2) is 42.5 Å². The fourth-order valence-electron chi connectivity index (χ4n) is 3.13. The second-order valence-corrected chi connectivity index (χ2v) is 6.26. The molecular weight excluding hydrogens is 262 g/mol. The largest absolute Gasteiger partial charge is 0.385 e. The summed E-state index contributed by atoms with van der Waals surface area (Å²) in [4.78, 5) is 15.0. The molecule has 1 aromatic rings. The van der Waals surface area contributed by atoms with E-state index in [4.69, 9.17) is 0 Å². The molecule has 0 spiro atoms. The predicted molar refractivity (Wildman–Crippen MR) is 85.8 cm³/mol. The summed E-state index contributed by atoms with van der Waals surface area (Å²) in [6.45, 7) is 7.06. The standard InChI is InChI=1S/C17H25N3O/c1-3-18-16-10-12(2)4-7-15(16)17(21)19-13-8-9-20(11-13)14-5-6-14/h4,7,10,13-14,18H,3,5-6,8-9,11H2,1-2H3,(H,19,21). The van der Waals surface area contributed by atoms with Crippen LogP contribution in [0.5, 0.6) is 0 Å². The number of anilines is 1. The van der Waals surface area contributed by atoms with Gasteiger partial charge in [0.1, 0.15) is 0 Å². The quantitative estimate of drug-likeness (QED) is 0.874. The summed E-state index contributed by atoms with van der Waals surface area (Å²) in [5.41, 5.74) is 2.86. The molecule has 1 saturated heterocycles. The number of aryl methyl sites for hydroxylation is 1. The Kier molecular flexibility index (Phi) is 4.15. The van der Waals surface area contributed by atoms with Crippen LogP contribution in [0.3, 0.4) is 0 Å². The molecule has 1 atom stereocenters. The molecule has 1 aliphatic heterocycles. The van der Waals surface area contributed by atoms with E-state index in [9.17, 15) is 4.79 Å². The molecule has 1 saturated carbocycles. The van der Waals surface area contributed by atoms with Gasteiger partial charge < -0.3 is 10.6 Å². The van der Waals surface area contributed by atoms with Crippen LogP contribution in [0.4, 0.5) is 5.69 Å². The first-order valence-corrected chi connectivity index (χ1v) is 8.07. The number of hydrogen-bond acceptors (Lipinski definition) is 3. The van der Waals surface area contributed by atoms with E-state index >= 15 is 0 Å². The number of carbonyl (C=O) groups is 1. The average Bonchev–Trinajstić information content (AvgIpc) is 3.20. The fourth-order valence-corrected chi connectivity index (χ4v) is 3.13. The third-order valence-corrected chi connectivity index (χ3v) is 4.41. The molecule has 2 N–H and O–H groups in total. The molecule has 2 aliphatic rings. The lowest BCUT2D eigenvalue weighted by atomic mass is 10.1. The third kappa shape index (κ3) is 3.38. The lowest BCUT2D eigenvalue weighted by Gasteiger charge is -2.17. The van der Waals surface area contributed by atoms with E-state index in [1.165, 1.54) is 18.4 Å². The molecule has 1 aromatic carbocycles. The first-order chi connectivity index (χ1) is 10.2. The van der Waals surface area contributed by atoms with Crippen molar-refractivity contribution < 1.29 is 4.79 Å². The van der Waals surface area contributed by atoms with Gasteiger partial charge in [0.25, 0.3) is 5.91 Å². The number of likely N-dealkylation sites (tertiary alicyclic amines) is 1. The van der Waals surface area contributed by atoms with Gasteiger partial charge >= 0.3 is 0 Å². The van der Waals surface area contributed by atoms with Crippen molar-refractivity contribution in [2.24, 2.45) is 0 Å². The molecule has 1 heterocycles. The van der Waals surface area contributed by atoms with Crippen molar-refractivity contribution in [2.45, 2.75) is 45.2 Å². The molecule has 21 heavy (non-hydrogen) atoms. The van der Waals surface area contributed by atoms with Crippen molar-refractivity contribution in [1.82, 2.24) is 10.2 Å². The van der Waals surface area contributed by atoms with E-state index in [0.717, 1.165) is 43.3 Å². The smallest absolute Gasteiger partial charge is 0.253 e. The molecule has 1 aliphatic carbocycles. The SMILES string of the molecule is CCNc1cc(C)ccc1C(=O)NC1CCN(C2CC2)C1.